The summed E-state index contributed by atoms with van der Waals surface area (Å²) in [5.41, 5.74) is 5.04. The van der Waals surface area contributed by atoms with Crippen molar-refractivity contribution in [2.24, 2.45) is 4.99 Å². The molecule has 0 saturated heterocycles. The lowest BCUT2D eigenvalue weighted by Gasteiger charge is -2.08. The molecule has 2 aromatic rings. The maximum Gasteiger partial charge on any atom is 0.0635 e. The van der Waals surface area contributed by atoms with Crippen LogP contribution in [-0.2, 0) is 6.42 Å². The van der Waals surface area contributed by atoms with Crippen LogP contribution in [0.1, 0.15) is 19.6 Å². The van der Waals surface area contributed by atoms with E-state index in [9.17, 15) is 0 Å². The molecule has 0 spiro atoms. The van der Waals surface area contributed by atoms with E-state index in [1.807, 2.05) is 0 Å². The van der Waals surface area contributed by atoms with E-state index in [2.05, 4.69) is 41.2 Å². The predicted molar refractivity (Wildman–Crippen MR) is 61.2 cm³/mol. The highest BCUT2D eigenvalue weighted by molar-refractivity contribution is 6.04. The molecule has 1 N–H and O–H groups in total. The topological polar surface area (TPSA) is 28.1 Å². The summed E-state index contributed by atoms with van der Waals surface area (Å²) >= 11 is 0. The first-order valence-corrected chi connectivity index (χ1v) is 4.97. The van der Waals surface area contributed by atoms with Gasteiger partial charge in [0.05, 0.1) is 11.4 Å². The summed E-state index contributed by atoms with van der Waals surface area (Å²) < 4.78 is 0. The Morgan fingerprint density at radius 2 is 2.21 bits per heavy atom. The number of rotatable bonds is 0. The number of fused-ring (bicyclic) bond motifs is 3. The molecule has 0 amide bonds. The number of para-hydroxylation sites is 1. The van der Waals surface area contributed by atoms with Gasteiger partial charge >= 0.3 is 0 Å². The minimum Gasteiger partial charge on any atom is -0.353 e. The second-order valence-corrected chi connectivity index (χ2v) is 3.74. The van der Waals surface area contributed by atoms with Crippen LogP contribution in [0.25, 0.3) is 10.9 Å². The Bertz CT molecular complexity index is 525. The minimum absolute atomic E-state index is 0. The quantitative estimate of drug-likeness (QED) is 0.655. The van der Waals surface area contributed by atoms with E-state index in [4.69, 9.17) is 0 Å². The summed E-state index contributed by atoms with van der Waals surface area (Å²) in [5, 5.41) is 1.36. The molecule has 0 saturated carbocycles. The Kier molecular flexibility index (Phi) is 1.51. The first-order chi connectivity index (χ1) is 6.86. The van der Waals surface area contributed by atoms with Crippen LogP contribution in [0, 0.1) is 0 Å². The lowest BCUT2D eigenvalue weighted by molar-refractivity contribution is 0.945. The van der Waals surface area contributed by atoms with Gasteiger partial charge in [0.2, 0.25) is 0 Å². The largest absolute Gasteiger partial charge is 0.353 e. The number of aromatic nitrogens is 1. The Morgan fingerprint density at radius 3 is 3.14 bits per heavy atom. The van der Waals surface area contributed by atoms with E-state index in [1.54, 1.807) is 0 Å². The third-order valence-electron chi connectivity index (χ3n) is 2.89. The van der Waals surface area contributed by atoms with Crippen LogP contribution in [0.3, 0.4) is 0 Å². The Labute approximate surface area is 84.2 Å². The Balaban J connectivity index is 0.000000853. The SMILES string of the molecule is CC1=NCCc2c1[nH]c1ccccc21.[HH]. The van der Waals surface area contributed by atoms with Gasteiger partial charge in [0.15, 0.2) is 0 Å². The first-order valence-electron chi connectivity index (χ1n) is 4.97. The van der Waals surface area contributed by atoms with E-state index < -0.39 is 0 Å². The lowest BCUT2D eigenvalue weighted by atomic mass is 10.0. The van der Waals surface area contributed by atoms with Gasteiger partial charge in [0.25, 0.3) is 0 Å². The molecule has 0 bridgehead atoms. The number of nitrogens with one attached hydrogen (secondary N) is 1. The van der Waals surface area contributed by atoms with Crippen molar-refractivity contribution in [1.82, 2.24) is 4.98 Å². The third-order valence-corrected chi connectivity index (χ3v) is 2.89. The molecule has 1 aromatic heterocycles. The van der Waals surface area contributed by atoms with Gasteiger partial charge in [-0.05, 0) is 25.0 Å². The molecule has 1 aliphatic heterocycles. The number of aliphatic imine (C=N–C) groups is 1. The van der Waals surface area contributed by atoms with Gasteiger partial charge in [-0.1, -0.05) is 18.2 Å². The fraction of sp³-hybridized carbons (Fsp3) is 0.250. The summed E-state index contributed by atoms with van der Waals surface area (Å²) in [7, 11) is 0. The maximum absolute atomic E-state index is 4.45. The Morgan fingerprint density at radius 1 is 1.36 bits per heavy atom. The zero-order chi connectivity index (χ0) is 9.54. The molecule has 0 radical (unpaired) electrons. The molecule has 14 heavy (non-hydrogen) atoms. The van der Waals surface area contributed by atoms with Crippen molar-refractivity contribution in [3.63, 3.8) is 0 Å². The number of aromatic amines is 1. The minimum atomic E-state index is 0. The lowest BCUT2D eigenvalue weighted by Crippen LogP contribution is -2.08. The third kappa shape index (κ3) is 0.939. The average molecular weight is 186 g/mol. The van der Waals surface area contributed by atoms with Crippen LogP contribution in [0.15, 0.2) is 29.3 Å². The molecule has 3 rings (SSSR count). The zero-order valence-corrected chi connectivity index (χ0v) is 8.17. The molecule has 1 aromatic carbocycles. The molecule has 72 valence electrons. The second-order valence-electron chi connectivity index (χ2n) is 3.74. The number of hydrogen-bond acceptors (Lipinski definition) is 1. The van der Waals surface area contributed by atoms with Crippen molar-refractivity contribution in [1.29, 1.82) is 0 Å². The van der Waals surface area contributed by atoms with E-state index in [0.29, 0.717) is 0 Å². The molecular weight excluding hydrogens is 172 g/mol. The molecule has 0 atom stereocenters. The Hall–Kier alpha value is -1.57. The van der Waals surface area contributed by atoms with Gasteiger partial charge in [-0.2, -0.15) is 0 Å². The fourth-order valence-electron chi connectivity index (χ4n) is 2.18. The van der Waals surface area contributed by atoms with Gasteiger partial charge in [-0.15, -0.1) is 0 Å². The highest BCUT2D eigenvalue weighted by Gasteiger charge is 2.15. The van der Waals surface area contributed by atoms with Crippen molar-refractivity contribution in [2.45, 2.75) is 13.3 Å². The van der Waals surface area contributed by atoms with Gasteiger partial charge in [0.1, 0.15) is 0 Å². The van der Waals surface area contributed by atoms with Crippen LogP contribution in [0.5, 0.6) is 0 Å². The molecule has 0 aliphatic carbocycles. The van der Waals surface area contributed by atoms with Crippen molar-refractivity contribution in [3.05, 3.63) is 35.5 Å². The van der Waals surface area contributed by atoms with E-state index in [1.165, 1.54) is 22.2 Å². The molecule has 1 aliphatic rings. The average Bonchev–Trinajstić information content (AvgIpc) is 2.59. The summed E-state index contributed by atoms with van der Waals surface area (Å²) in [6.07, 6.45) is 1.07. The van der Waals surface area contributed by atoms with Crippen LogP contribution in [0.4, 0.5) is 0 Å². The number of benzene rings is 1. The summed E-state index contributed by atoms with van der Waals surface area (Å²) in [6, 6.07) is 8.47. The van der Waals surface area contributed by atoms with Crippen LogP contribution >= 0.6 is 0 Å². The van der Waals surface area contributed by atoms with Crippen LogP contribution in [0.2, 0.25) is 0 Å². The fourth-order valence-corrected chi connectivity index (χ4v) is 2.18. The van der Waals surface area contributed by atoms with Gasteiger partial charge in [-0.3, -0.25) is 4.99 Å². The van der Waals surface area contributed by atoms with Crippen molar-refractivity contribution in [3.8, 4) is 0 Å². The summed E-state index contributed by atoms with van der Waals surface area (Å²) in [6.45, 7) is 3.01. The smallest absolute Gasteiger partial charge is 0.0635 e. The zero-order valence-electron chi connectivity index (χ0n) is 8.17. The van der Waals surface area contributed by atoms with Crippen LogP contribution in [-0.4, -0.2) is 17.2 Å². The highest BCUT2D eigenvalue weighted by Crippen LogP contribution is 2.25. The standard InChI is InChI=1S/C12H12N2.H2/c1-8-12-10(6-7-13-8)9-4-2-3-5-11(9)14-12;/h2-5,14H,6-7H2,1H3;1H. The van der Waals surface area contributed by atoms with Gasteiger partial charge in [0, 0.05) is 18.9 Å². The predicted octanol–water partition coefficient (Wildman–Crippen LogP) is 2.78. The molecule has 2 nitrogen and oxygen atoms in total. The molecular formula is C12H14N2. The van der Waals surface area contributed by atoms with Crippen molar-refractivity contribution < 1.29 is 1.43 Å². The second kappa shape index (κ2) is 2.71. The van der Waals surface area contributed by atoms with E-state index in [0.717, 1.165) is 18.7 Å². The first kappa shape index (κ1) is 7.80. The van der Waals surface area contributed by atoms with Crippen LogP contribution < -0.4 is 0 Å². The molecule has 0 unspecified atom stereocenters. The maximum atomic E-state index is 4.45. The normalized spacial score (nSPS) is 15.4. The monoisotopic (exact) mass is 186 g/mol. The van der Waals surface area contributed by atoms with Crippen molar-refractivity contribution in [2.75, 3.05) is 6.54 Å². The molecule has 2 heteroatoms. The summed E-state index contributed by atoms with van der Waals surface area (Å²) in [5.74, 6) is 0. The summed E-state index contributed by atoms with van der Waals surface area (Å²) in [4.78, 5) is 7.89. The number of H-pyrrole nitrogens is 1. The molecule has 0 fully saturated rings. The van der Waals surface area contributed by atoms with Gasteiger partial charge < -0.3 is 4.98 Å². The van der Waals surface area contributed by atoms with Gasteiger partial charge in [-0.25, -0.2) is 0 Å². The van der Waals surface area contributed by atoms with E-state index >= 15 is 0 Å². The number of hydrogen-bond donors (Lipinski definition) is 1. The van der Waals surface area contributed by atoms with Crippen molar-refractivity contribution >= 4 is 16.6 Å². The highest BCUT2D eigenvalue weighted by atomic mass is 14.8. The molecule has 2 heterocycles. The van der Waals surface area contributed by atoms with E-state index in [-0.39, 0.29) is 1.43 Å². The number of nitrogens with zero attached hydrogens (tertiary/aromatic N) is 1.